The molecule has 11 heavy (non-hydrogen) atoms. The molecule has 0 aliphatic carbocycles. The monoisotopic (exact) mass is 192 g/mol. The Bertz CT molecular complexity index is 123. The van der Waals surface area contributed by atoms with Gasteiger partial charge in [-0.2, -0.15) is 0 Å². The van der Waals surface area contributed by atoms with E-state index >= 15 is 0 Å². The molecule has 0 fully saturated rings. The van der Waals surface area contributed by atoms with Crippen LogP contribution in [-0.2, 0) is 12.6 Å². The largest absolute Gasteiger partial charge is 0.415 e. The lowest BCUT2D eigenvalue weighted by molar-refractivity contribution is -0.864. The van der Waals surface area contributed by atoms with Crippen molar-refractivity contribution in [2.45, 2.75) is 0 Å². The lowest BCUT2D eigenvalue weighted by atomic mass is 10.5. The number of hydrogen-bond donors (Lipinski definition) is 1. The molecule has 0 atom stereocenters. The lowest BCUT2D eigenvalue weighted by Gasteiger charge is -2.21. The Morgan fingerprint density at radius 3 is 1.91 bits per heavy atom. The van der Waals surface area contributed by atoms with Gasteiger partial charge >= 0.3 is 0 Å². The maximum Gasteiger partial charge on any atom is 0.0964 e. The first-order valence-electron chi connectivity index (χ1n) is 3.17. The maximum atomic E-state index is 4.66. The minimum absolute atomic E-state index is 0.0833. The Morgan fingerprint density at radius 2 is 1.91 bits per heavy atom. The second kappa shape index (κ2) is 6.52. The van der Waals surface area contributed by atoms with E-state index in [-0.39, 0.29) is 4.32 Å². The summed E-state index contributed by atoms with van der Waals surface area (Å²) >= 11 is 8.26. The van der Waals surface area contributed by atoms with Gasteiger partial charge in [0.15, 0.2) is 0 Å². The zero-order valence-corrected chi connectivity index (χ0v) is 8.97. The second-order valence-corrected chi connectivity index (χ2v) is 4.22. The fourth-order valence-corrected chi connectivity index (χ4v) is 0.387. The van der Waals surface area contributed by atoms with Gasteiger partial charge in [0.05, 0.1) is 27.7 Å². The molecule has 2 N–H and O–H groups in total. The molecule has 0 aromatic carbocycles. The Kier molecular flexibility index (Phi) is 7.94. The number of quaternary nitrogens is 1. The van der Waals surface area contributed by atoms with Gasteiger partial charge in [-0.05, 0) is 6.08 Å². The van der Waals surface area contributed by atoms with Crippen LogP contribution in [0.15, 0.2) is 12.7 Å². The summed E-state index contributed by atoms with van der Waals surface area (Å²) in [6.45, 7) is 4.67. The molecule has 0 amide bonds. The van der Waals surface area contributed by atoms with E-state index in [1.807, 2.05) is 6.08 Å². The van der Waals surface area contributed by atoms with Gasteiger partial charge in [-0.1, -0.05) is 10.9 Å². The zero-order valence-electron chi connectivity index (χ0n) is 7.33. The van der Waals surface area contributed by atoms with Crippen LogP contribution in [0.25, 0.3) is 0 Å². The summed E-state index contributed by atoms with van der Waals surface area (Å²) in [6, 6.07) is 0. The number of nitrogens with two attached hydrogens (primary N) is 1. The van der Waals surface area contributed by atoms with E-state index in [1.165, 1.54) is 0 Å². The number of likely N-dealkylation sites (N-methyl/N-ethyl adjacent to an activating group) is 1. The Hall–Kier alpha value is -0.190. The number of rotatable bonds is 2. The molecule has 0 aromatic rings. The van der Waals surface area contributed by atoms with Crippen LogP contribution in [0.2, 0.25) is 0 Å². The van der Waals surface area contributed by atoms with E-state index in [1.54, 1.807) is 0 Å². The summed E-state index contributed by atoms with van der Waals surface area (Å²) in [7, 11) is 6.42. The molecule has 0 radical (unpaired) electrons. The van der Waals surface area contributed by atoms with Crippen molar-refractivity contribution >= 4 is 29.2 Å². The highest BCUT2D eigenvalue weighted by Gasteiger charge is 1.99. The molecule has 66 valence electrons. The third-order valence-corrected chi connectivity index (χ3v) is 0.677. The fourth-order valence-electron chi connectivity index (χ4n) is 0.387. The van der Waals surface area contributed by atoms with E-state index in [4.69, 9.17) is 0 Å². The van der Waals surface area contributed by atoms with Crippen LogP contribution in [0.5, 0.6) is 0 Å². The molecule has 0 aliphatic rings. The van der Waals surface area contributed by atoms with Gasteiger partial charge < -0.3 is 35.1 Å². The van der Waals surface area contributed by atoms with Gasteiger partial charge in [0.1, 0.15) is 0 Å². The first kappa shape index (κ1) is 13.4. The summed E-state index contributed by atoms with van der Waals surface area (Å²) in [5.74, 6) is 0. The van der Waals surface area contributed by atoms with Crippen molar-refractivity contribution in [3.63, 3.8) is 0 Å². The minimum Gasteiger partial charge on any atom is -0.415 e. The first-order chi connectivity index (χ1) is 4.79. The van der Waals surface area contributed by atoms with Crippen LogP contribution < -0.4 is 5.73 Å². The van der Waals surface area contributed by atoms with Gasteiger partial charge in [-0.3, -0.25) is 0 Å². The molecule has 0 aromatic heterocycles. The third kappa shape index (κ3) is 41.2. The maximum absolute atomic E-state index is 4.66. The van der Waals surface area contributed by atoms with Crippen molar-refractivity contribution in [2.75, 3.05) is 27.7 Å². The Morgan fingerprint density at radius 1 is 1.64 bits per heavy atom. The summed E-state index contributed by atoms with van der Waals surface area (Å²) in [6.07, 6.45) is 1.93. The van der Waals surface area contributed by atoms with Crippen molar-refractivity contribution in [3.8, 4) is 0 Å². The summed E-state index contributed by atoms with van der Waals surface area (Å²) in [5.41, 5.74) is 4.66. The fraction of sp³-hybridized carbons (Fsp3) is 0.571. The quantitative estimate of drug-likeness (QED) is 0.301. The van der Waals surface area contributed by atoms with Crippen molar-refractivity contribution in [1.82, 2.24) is 0 Å². The number of thiocarbonyl (C=S) groups is 1. The van der Waals surface area contributed by atoms with Gasteiger partial charge in [0, 0.05) is 0 Å². The highest BCUT2D eigenvalue weighted by atomic mass is 32.1. The van der Waals surface area contributed by atoms with E-state index in [2.05, 4.69) is 58.3 Å². The van der Waals surface area contributed by atoms with Gasteiger partial charge in [-0.25, -0.2) is 0 Å². The average molecular weight is 192 g/mol. The van der Waals surface area contributed by atoms with Crippen LogP contribution in [0.3, 0.4) is 0 Å². The van der Waals surface area contributed by atoms with E-state index in [9.17, 15) is 0 Å². The normalized spacial score (nSPS) is 9.36. The van der Waals surface area contributed by atoms with E-state index in [0.717, 1.165) is 11.0 Å². The molecular formula is C7H16N2S2. The van der Waals surface area contributed by atoms with Crippen LogP contribution in [0.4, 0.5) is 0 Å². The van der Waals surface area contributed by atoms with Crippen molar-refractivity contribution < 1.29 is 4.48 Å². The molecule has 4 heteroatoms. The average Bonchev–Trinajstić information content (AvgIpc) is 1.58. The molecule has 0 saturated carbocycles. The SMILES string of the molecule is C=CC[N+](C)(C)C.NC(=S)[S-]. The van der Waals surface area contributed by atoms with Gasteiger partial charge in [-0.15, -0.1) is 0 Å². The van der Waals surface area contributed by atoms with E-state index < -0.39 is 0 Å². The summed E-state index contributed by atoms with van der Waals surface area (Å²) < 4.78 is 1.06. The summed E-state index contributed by atoms with van der Waals surface area (Å²) in [5, 5.41) is 0. The number of hydrogen-bond acceptors (Lipinski definition) is 2. The highest BCUT2D eigenvalue weighted by molar-refractivity contribution is 8.00. The third-order valence-electron chi connectivity index (χ3n) is 0.677. The number of nitrogens with zero attached hydrogens (tertiary/aromatic N) is 1. The van der Waals surface area contributed by atoms with Crippen LogP contribution in [-0.4, -0.2) is 36.5 Å². The standard InChI is InChI=1S/C6H14N.CH3NS2/c1-5-6-7(2,3)4;2-1(3)4/h5H,1,6H2,2-4H3;(H3,2,3,4)/q+1;/p-1. The first-order valence-corrected chi connectivity index (χ1v) is 3.99. The van der Waals surface area contributed by atoms with Gasteiger partial charge in [0.2, 0.25) is 0 Å². The Labute approximate surface area is 80.1 Å². The van der Waals surface area contributed by atoms with Crippen LogP contribution >= 0.6 is 12.2 Å². The smallest absolute Gasteiger partial charge is 0.0964 e. The molecule has 0 heterocycles. The molecule has 0 bridgehead atoms. The molecule has 0 unspecified atom stereocenters. The topological polar surface area (TPSA) is 26.0 Å². The van der Waals surface area contributed by atoms with Gasteiger partial charge in [0.25, 0.3) is 0 Å². The van der Waals surface area contributed by atoms with E-state index in [0.29, 0.717) is 0 Å². The minimum atomic E-state index is 0.0833. The molecule has 0 saturated heterocycles. The lowest BCUT2D eigenvalue weighted by Crippen LogP contribution is -2.33. The molecule has 0 rings (SSSR count). The molecular weight excluding hydrogens is 176 g/mol. The predicted octanol–water partition coefficient (Wildman–Crippen LogP) is 0.656. The molecule has 2 nitrogen and oxygen atoms in total. The zero-order chi connectivity index (χ0) is 9.49. The van der Waals surface area contributed by atoms with Crippen LogP contribution in [0, 0.1) is 0 Å². The summed E-state index contributed by atoms with van der Waals surface area (Å²) in [4.78, 5) is 0. The molecule has 0 spiro atoms. The predicted molar refractivity (Wildman–Crippen MR) is 57.2 cm³/mol. The molecule has 0 aliphatic heterocycles. The van der Waals surface area contributed by atoms with Crippen molar-refractivity contribution in [3.05, 3.63) is 12.7 Å². The van der Waals surface area contributed by atoms with Crippen molar-refractivity contribution in [1.29, 1.82) is 0 Å². The Balaban J connectivity index is 0. The van der Waals surface area contributed by atoms with Crippen LogP contribution in [0.1, 0.15) is 0 Å². The second-order valence-electron chi connectivity index (χ2n) is 3.08. The highest BCUT2D eigenvalue weighted by Crippen LogP contribution is 1.86. The van der Waals surface area contributed by atoms with Crippen molar-refractivity contribution in [2.24, 2.45) is 5.73 Å².